The highest BCUT2D eigenvalue weighted by Gasteiger charge is 2.42. The summed E-state index contributed by atoms with van der Waals surface area (Å²) < 4.78 is 6.65. The molecule has 156 valence electrons. The van der Waals surface area contributed by atoms with Crippen molar-refractivity contribution in [3.8, 4) is 5.75 Å². The number of aryl methyl sites for hydroxylation is 2. The van der Waals surface area contributed by atoms with Crippen LogP contribution in [-0.4, -0.2) is 58.2 Å². The second-order valence-electron chi connectivity index (χ2n) is 8.93. The SMILES string of the molecule is Cc1n[nH]c(C)c1CC(=O)N1Cc2ccccc2OC2(CCC(N(C)C)CC2)C1. The molecule has 0 radical (unpaired) electrons. The summed E-state index contributed by atoms with van der Waals surface area (Å²) in [5, 5.41) is 7.25. The van der Waals surface area contributed by atoms with Crippen LogP contribution >= 0.6 is 0 Å². The summed E-state index contributed by atoms with van der Waals surface area (Å²) in [7, 11) is 4.30. The third-order valence-electron chi connectivity index (χ3n) is 6.70. The van der Waals surface area contributed by atoms with Crippen LogP contribution < -0.4 is 4.74 Å². The van der Waals surface area contributed by atoms with E-state index in [2.05, 4.69) is 35.3 Å². The van der Waals surface area contributed by atoms with Crippen molar-refractivity contribution < 1.29 is 9.53 Å². The summed E-state index contributed by atoms with van der Waals surface area (Å²) >= 11 is 0. The molecule has 6 nitrogen and oxygen atoms in total. The van der Waals surface area contributed by atoms with Gasteiger partial charge in [0, 0.05) is 29.4 Å². The molecular weight excluding hydrogens is 364 g/mol. The maximum Gasteiger partial charge on any atom is 0.227 e. The molecule has 29 heavy (non-hydrogen) atoms. The van der Waals surface area contributed by atoms with E-state index in [-0.39, 0.29) is 11.5 Å². The molecule has 1 spiro atoms. The number of carbonyl (C=O) groups is 1. The van der Waals surface area contributed by atoms with Crippen LogP contribution in [0.25, 0.3) is 0 Å². The molecule has 0 unspecified atom stereocenters. The lowest BCUT2D eigenvalue weighted by atomic mass is 9.81. The van der Waals surface area contributed by atoms with Gasteiger partial charge in [0.15, 0.2) is 0 Å². The van der Waals surface area contributed by atoms with E-state index in [0.29, 0.717) is 25.6 Å². The number of hydrogen-bond acceptors (Lipinski definition) is 4. The Balaban J connectivity index is 1.60. The van der Waals surface area contributed by atoms with Gasteiger partial charge in [0.1, 0.15) is 11.4 Å². The number of aromatic amines is 1. The van der Waals surface area contributed by atoms with Crippen LogP contribution in [0.3, 0.4) is 0 Å². The molecule has 1 aliphatic heterocycles. The Morgan fingerprint density at radius 3 is 2.66 bits per heavy atom. The lowest BCUT2D eigenvalue weighted by molar-refractivity contribution is -0.134. The van der Waals surface area contributed by atoms with Crippen molar-refractivity contribution in [3.05, 3.63) is 46.8 Å². The minimum absolute atomic E-state index is 0.145. The fraction of sp³-hybridized carbons (Fsp3) is 0.565. The molecule has 4 rings (SSSR count). The van der Waals surface area contributed by atoms with Crippen LogP contribution in [0.4, 0.5) is 0 Å². The molecule has 1 fully saturated rings. The Bertz CT molecular complexity index is 861. The third-order valence-corrected chi connectivity index (χ3v) is 6.70. The average Bonchev–Trinajstić information content (AvgIpc) is 2.92. The average molecular weight is 397 g/mol. The van der Waals surface area contributed by atoms with E-state index >= 15 is 0 Å². The van der Waals surface area contributed by atoms with Crippen molar-refractivity contribution in [2.45, 2.75) is 64.1 Å². The maximum atomic E-state index is 13.4. The Morgan fingerprint density at radius 1 is 1.28 bits per heavy atom. The molecule has 0 bridgehead atoms. The molecular formula is C23H32N4O2. The van der Waals surface area contributed by atoms with Crippen LogP contribution in [-0.2, 0) is 17.8 Å². The molecule has 2 heterocycles. The lowest BCUT2D eigenvalue weighted by Crippen LogP contribution is -2.52. The van der Waals surface area contributed by atoms with Gasteiger partial charge in [-0.05, 0) is 59.7 Å². The first-order valence-electron chi connectivity index (χ1n) is 10.6. The minimum Gasteiger partial charge on any atom is -0.485 e. The van der Waals surface area contributed by atoms with E-state index in [4.69, 9.17) is 4.74 Å². The molecule has 2 aliphatic rings. The second-order valence-corrected chi connectivity index (χ2v) is 8.93. The summed E-state index contributed by atoms with van der Waals surface area (Å²) in [6, 6.07) is 8.76. The Hall–Kier alpha value is -2.34. The highest BCUT2D eigenvalue weighted by Crippen LogP contribution is 2.39. The van der Waals surface area contributed by atoms with E-state index < -0.39 is 0 Å². The highest BCUT2D eigenvalue weighted by molar-refractivity contribution is 5.79. The number of aromatic nitrogens is 2. The first-order valence-corrected chi connectivity index (χ1v) is 10.6. The molecule has 1 saturated carbocycles. The summed E-state index contributed by atoms with van der Waals surface area (Å²) in [6.07, 6.45) is 4.51. The van der Waals surface area contributed by atoms with Crippen molar-refractivity contribution in [2.75, 3.05) is 20.6 Å². The normalized spacial score (nSPS) is 24.3. The molecule has 1 aromatic heterocycles. The standard InChI is InChI=1S/C23H32N4O2/c1-16-20(17(2)25-24-16)13-22(28)27-14-18-7-5-6-8-21(18)29-23(15-27)11-9-19(10-12-23)26(3)4/h5-8,19H,9-15H2,1-4H3,(H,24,25). The lowest BCUT2D eigenvalue weighted by Gasteiger charge is -2.43. The topological polar surface area (TPSA) is 61.5 Å². The van der Waals surface area contributed by atoms with Gasteiger partial charge in [0.05, 0.1) is 18.7 Å². The van der Waals surface area contributed by atoms with Gasteiger partial charge in [-0.15, -0.1) is 0 Å². The predicted octanol–water partition coefficient (Wildman–Crippen LogP) is 3.23. The first kappa shape index (κ1) is 20.0. The first-order chi connectivity index (χ1) is 13.9. The number of benzene rings is 1. The number of nitrogens with zero attached hydrogens (tertiary/aromatic N) is 3. The van der Waals surface area contributed by atoms with Gasteiger partial charge in [-0.25, -0.2) is 0 Å². The number of rotatable bonds is 3. The molecule has 6 heteroatoms. The van der Waals surface area contributed by atoms with E-state index in [1.807, 2.05) is 36.9 Å². The van der Waals surface area contributed by atoms with Crippen molar-refractivity contribution in [1.29, 1.82) is 0 Å². The highest BCUT2D eigenvalue weighted by atomic mass is 16.5. The smallest absolute Gasteiger partial charge is 0.227 e. The Labute approximate surface area is 173 Å². The quantitative estimate of drug-likeness (QED) is 0.865. The van der Waals surface area contributed by atoms with Crippen molar-refractivity contribution in [3.63, 3.8) is 0 Å². The number of fused-ring (bicyclic) bond motifs is 1. The number of ether oxygens (including phenoxy) is 1. The van der Waals surface area contributed by atoms with Gasteiger partial charge in [-0.2, -0.15) is 5.10 Å². The molecule has 1 aromatic carbocycles. The zero-order chi connectivity index (χ0) is 20.6. The van der Waals surface area contributed by atoms with Gasteiger partial charge >= 0.3 is 0 Å². The van der Waals surface area contributed by atoms with Crippen molar-refractivity contribution >= 4 is 5.91 Å². The number of nitrogens with one attached hydrogen (secondary N) is 1. The monoisotopic (exact) mass is 396 g/mol. The number of hydrogen-bond donors (Lipinski definition) is 1. The van der Waals surface area contributed by atoms with Crippen LogP contribution in [0.1, 0.15) is 48.2 Å². The van der Waals surface area contributed by atoms with E-state index in [1.54, 1.807) is 0 Å². The van der Waals surface area contributed by atoms with Crippen molar-refractivity contribution in [2.24, 2.45) is 0 Å². The van der Waals surface area contributed by atoms with Crippen LogP contribution in [0.15, 0.2) is 24.3 Å². The van der Waals surface area contributed by atoms with Gasteiger partial charge in [-0.1, -0.05) is 18.2 Å². The van der Waals surface area contributed by atoms with E-state index in [9.17, 15) is 4.79 Å². The Morgan fingerprint density at radius 2 is 2.00 bits per heavy atom. The number of H-pyrrole nitrogens is 1. The molecule has 1 aliphatic carbocycles. The summed E-state index contributed by atoms with van der Waals surface area (Å²) in [5.41, 5.74) is 3.69. The van der Waals surface area contributed by atoms with Gasteiger partial charge < -0.3 is 14.5 Å². The van der Waals surface area contributed by atoms with Crippen LogP contribution in [0, 0.1) is 13.8 Å². The molecule has 0 atom stereocenters. The van der Waals surface area contributed by atoms with Crippen molar-refractivity contribution in [1.82, 2.24) is 20.0 Å². The molecule has 0 saturated heterocycles. The number of para-hydroxylation sites is 1. The zero-order valence-electron chi connectivity index (χ0n) is 18.0. The van der Waals surface area contributed by atoms with Gasteiger partial charge in [0.25, 0.3) is 0 Å². The van der Waals surface area contributed by atoms with Crippen LogP contribution in [0.2, 0.25) is 0 Å². The van der Waals surface area contributed by atoms with Gasteiger partial charge in [0.2, 0.25) is 5.91 Å². The fourth-order valence-electron chi connectivity index (χ4n) is 4.79. The zero-order valence-corrected chi connectivity index (χ0v) is 18.0. The largest absolute Gasteiger partial charge is 0.485 e. The predicted molar refractivity (Wildman–Crippen MR) is 113 cm³/mol. The maximum absolute atomic E-state index is 13.4. The number of amides is 1. The molecule has 1 N–H and O–H groups in total. The third kappa shape index (κ3) is 4.04. The summed E-state index contributed by atoms with van der Waals surface area (Å²) in [5.74, 6) is 1.08. The van der Waals surface area contributed by atoms with Crippen LogP contribution in [0.5, 0.6) is 5.75 Å². The molecule has 1 amide bonds. The van der Waals surface area contributed by atoms with E-state index in [0.717, 1.165) is 53.9 Å². The molecule has 2 aromatic rings. The minimum atomic E-state index is -0.296. The second kappa shape index (κ2) is 7.82. The number of carbonyl (C=O) groups excluding carboxylic acids is 1. The van der Waals surface area contributed by atoms with E-state index in [1.165, 1.54) is 0 Å². The van der Waals surface area contributed by atoms with Gasteiger partial charge in [-0.3, -0.25) is 9.89 Å². The summed E-state index contributed by atoms with van der Waals surface area (Å²) in [4.78, 5) is 17.7. The summed E-state index contributed by atoms with van der Waals surface area (Å²) in [6.45, 7) is 5.19. The Kier molecular flexibility index (Phi) is 5.38. The fourth-order valence-corrected chi connectivity index (χ4v) is 4.79.